The number of hydrogen-bond donors (Lipinski definition) is 3. The lowest BCUT2D eigenvalue weighted by atomic mass is 9.66. The van der Waals surface area contributed by atoms with Gasteiger partial charge < -0.3 is 20.5 Å². The van der Waals surface area contributed by atoms with Gasteiger partial charge in [-0.15, -0.1) is 0 Å². The van der Waals surface area contributed by atoms with Gasteiger partial charge in [-0.2, -0.15) is 0 Å². The van der Waals surface area contributed by atoms with Crippen LogP contribution < -0.4 is 10.6 Å². The molecule has 7 nitrogen and oxygen atoms in total. The van der Waals surface area contributed by atoms with E-state index in [0.29, 0.717) is 6.54 Å². The van der Waals surface area contributed by atoms with E-state index in [-0.39, 0.29) is 48.6 Å². The molecule has 0 radical (unpaired) electrons. The van der Waals surface area contributed by atoms with Crippen LogP contribution in [0.1, 0.15) is 63.0 Å². The van der Waals surface area contributed by atoms with Crippen LogP contribution >= 0.6 is 0 Å². The second-order valence-electron chi connectivity index (χ2n) is 10.2. The number of benzene rings is 2. The van der Waals surface area contributed by atoms with Crippen LogP contribution in [0, 0.1) is 11.3 Å². The molecule has 186 valence electrons. The van der Waals surface area contributed by atoms with Gasteiger partial charge >= 0.3 is 12.1 Å². The van der Waals surface area contributed by atoms with E-state index in [0.717, 1.165) is 30.4 Å². The summed E-state index contributed by atoms with van der Waals surface area (Å²) < 4.78 is 5.64. The molecule has 2 aliphatic rings. The number of carbonyl (C=O) groups excluding carboxylic acids is 2. The Hall–Kier alpha value is -3.35. The predicted molar refractivity (Wildman–Crippen MR) is 133 cm³/mol. The van der Waals surface area contributed by atoms with E-state index in [1.165, 1.54) is 11.1 Å². The topological polar surface area (TPSA) is 105 Å². The maximum absolute atomic E-state index is 12.7. The van der Waals surface area contributed by atoms with Crippen LogP contribution in [0.25, 0.3) is 11.1 Å². The zero-order chi connectivity index (χ0) is 25.0. The Morgan fingerprint density at radius 2 is 1.63 bits per heavy atom. The van der Waals surface area contributed by atoms with Crippen molar-refractivity contribution in [3.05, 3.63) is 59.7 Å². The normalized spacial score (nSPS) is 16.5. The Labute approximate surface area is 206 Å². The molecule has 0 aliphatic heterocycles. The minimum Gasteiger partial charge on any atom is -0.481 e. The highest BCUT2D eigenvalue weighted by Crippen LogP contribution is 2.45. The quantitative estimate of drug-likeness (QED) is 0.459. The number of rotatable bonds is 10. The molecule has 0 unspecified atom stereocenters. The van der Waals surface area contributed by atoms with Gasteiger partial charge in [0.1, 0.15) is 6.61 Å². The number of carboxylic acid groups (broad SMARTS) is 1. The molecule has 35 heavy (non-hydrogen) atoms. The minimum atomic E-state index is -0.837. The maximum atomic E-state index is 12.7. The van der Waals surface area contributed by atoms with E-state index >= 15 is 0 Å². The van der Waals surface area contributed by atoms with Crippen molar-refractivity contribution >= 4 is 18.0 Å². The molecule has 1 fully saturated rings. The van der Waals surface area contributed by atoms with Crippen molar-refractivity contribution < 1.29 is 24.2 Å². The SMILES string of the molecule is CC(C)[C@@H](CC(=O)NCC1(CC(=O)O)CCC1)NC(=O)OCC1c2ccccc2-c2ccccc21. The third-order valence-corrected chi connectivity index (χ3v) is 7.46. The molecule has 0 heterocycles. The number of ether oxygens (including phenoxy) is 1. The summed E-state index contributed by atoms with van der Waals surface area (Å²) >= 11 is 0. The minimum absolute atomic E-state index is 0.0258. The first kappa shape index (κ1) is 24.8. The first-order valence-electron chi connectivity index (χ1n) is 12.4. The maximum Gasteiger partial charge on any atom is 0.407 e. The van der Waals surface area contributed by atoms with Gasteiger partial charge in [-0.25, -0.2) is 4.79 Å². The Balaban J connectivity index is 1.31. The summed E-state index contributed by atoms with van der Waals surface area (Å²) in [6.45, 7) is 4.46. The molecule has 2 aromatic carbocycles. The molecule has 2 aromatic rings. The van der Waals surface area contributed by atoms with Crippen LogP contribution in [0.2, 0.25) is 0 Å². The third-order valence-electron chi connectivity index (χ3n) is 7.46. The number of carboxylic acids is 1. The molecular formula is C28H34N2O5. The molecule has 1 atom stereocenters. The van der Waals surface area contributed by atoms with E-state index in [1.807, 2.05) is 38.1 Å². The van der Waals surface area contributed by atoms with Crippen molar-refractivity contribution in [3.63, 3.8) is 0 Å². The van der Waals surface area contributed by atoms with Crippen molar-refractivity contribution in [3.8, 4) is 11.1 Å². The molecule has 2 amide bonds. The molecule has 7 heteroatoms. The fraction of sp³-hybridized carbons (Fsp3) is 0.464. The van der Waals surface area contributed by atoms with Gasteiger partial charge in [0.2, 0.25) is 5.91 Å². The molecule has 0 spiro atoms. The van der Waals surface area contributed by atoms with Crippen LogP contribution in [-0.4, -0.2) is 42.3 Å². The summed E-state index contributed by atoms with van der Waals surface area (Å²) in [6, 6.07) is 15.9. The number of carbonyl (C=O) groups is 3. The molecule has 4 rings (SSSR count). The van der Waals surface area contributed by atoms with Gasteiger partial charge in [0, 0.05) is 24.9 Å². The van der Waals surface area contributed by atoms with Crippen molar-refractivity contribution in [1.82, 2.24) is 10.6 Å². The Kier molecular flexibility index (Phi) is 7.43. The molecule has 0 saturated heterocycles. The summed E-state index contributed by atoms with van der Waals surface area (Å²) in [5, 5.41) is 14.9. The summed E-state index contributed by atoms with van der Waals surface area (Å²) in [5.41, 5.74) is 4.29. The standard InChI is InChI=1S/C28H34N2O5/c1-18(2)24(14-25(31)29-17-28(12-7-13-28)15-26(32)33)30-27(34)35-16-23-21-10-5-3-8-19(21)20-9-4-6-11-22(20)23/h3-6,8-11,18,23-24H,7,12-17H2,1-2H3,(H,29,31)(H,30,34)(H,32,33)/t24-/m1/s1. The second-order valence-corrected chi connectivity index (χ2v) is 10.2. The zero-order valence-corrected chi connectivity index (χ0v) is 20.4. The first-order chi connectivity index (χ1) is 16.8. The first-order valence-corrected chi connectivity index (χ1v) is 12.4. The molecular weight excluding hydrogens is 444 g/mol. The van der Waals surface area contributed by atoms with Crippen molar-refractivity contribution in [2.24, 2.45) is 11.3 Å². The molecule has 0 aromatic heterocycles. The van der Waals surface area contributed by atoms with Crippen LogP contribution in [0.5, 0.6) is 0 Å². The van der Waals surface area contributed by atoms with Crippen molar-refractivity contribution in [2.45, 2.75) is 57.9 Å². The van der Waals surface area contributed by atoms with E-state index in [4.69, 9.17) is 9.84 Å². The Bertz CT molecular complexity index is 1050. The average molecular weight is 479 g/mol. The van der Waals surface area contributed by atoms with E-state index < -0.39 is 12.1 Å². The predicted octanol–water partition coefficient (Wildman–Crippen LogP) is 4.70. The van der Waals surface area contributed by atoms with Crippen LogP contribution in [0.15, 0.2) is 48.5 Å². The van der Waals surface area contributed by atoms with Gasteiger partial charge in [-0.3, -0.25) is 9.59 Å². The number of hydrogen-bond acceptors (Lipinski definition) is 4. The van der Waals surface area contributed by atoms with Gasteiger partial charge in [-0.05, 0) is 46.4 Å². The average Bonchev–Trinajstić information content (AvgIpc) is 3.12. The largest absolute Gasteiger partial charge is 0.481 e. The molecule has 3 N–H and O–H groups in total. The van der Waals surface area contributed by atoms with E-state index in [2.05, 4.69) is 34.9 Å². The molecule has 2 aliphatic carbocycles. The lowest BCUT2D eigenvalue weighted by Crippen LogP contribution is -2.46. The van der Waals surface area contributed by atoms with Gasteiger partial charge in [0.25, 0.3) is 0 Å². The van der Waals surface area contributed by atoms with E-state index in [9.17, 15) is 14.4 Å². The van der Waals surface area contributed by atoms with Crippen LogP contribution in [0.4, 0.5) is 4.79 Å². The van der Waals surface area contributed by atoms with Crippen LogP contribution in [-0.2, 0) is 14.3 Å². The van der Waals surface area contributed by atoms with Crippen molar-refractivity contribution in [1.29, 1.82) is 0 Å². The number of aliphatic carboxylic acids is 1. The highest BCUT2D eigenvalue weighted by Gasteiger charge is 2.39. The summed E-state index contributed by atoms with van der Waals surface area (Å²) in [5.74, 6) is -1.03. The third kappa shape index (κ3) is 5.66. The summed E-state index contributed by atoms with van der Waals surface area (Å²) in [4.78, 5) is 36.4. The molecule has 0 bridgehead atoms. The zero-order valence-electron chi connectivity index (χ0n) is 20.4. The number of fused-ring (bicyclic) bond motifs is 3. The van der Waals surface area contributed by atoms with Crippen molar-refractivity contribution in [2.75, 3.05) is 13.2 Å². The highest BCUT2D eigenvalue weighted by atomic mass is 16.5. The van der Waals surface area contributed by atoms with Gasteiger partial charge in [0.05, 0.1) is 6.42 Å². The summed E-state index contributed by atoms with van der Waals surface area (Å²) in [7, 11) is 0. The monoisotopic (exact) mass is 478 g/mol. The fourth-order valence-electron chi connectivity index (χ4n) is 5.22. The number of amides is 2. The number of nitrogens with one attached hydrogen (secondary N) is 2. The highest BCUT2D eigenvalue weighted by molar-refractivity contribution is 5.80. The Morgan fingerprint density at radius 1 is 1.03 bits per heavy atom. The lowest BCUT2D eigenvalue weighted by molar-refractivity contribution is -0.142. The smallest absolute Gasteiger partial charge is 0.407 e. The summed E-state index contributed by atoms with van der Waals surface area (Å²) in [6.07, 6.45) is 2.25. The number of alkyl carbamates (subject to hydrolysis) is 1. The van der Waals surface area contributed by atoms with Gasteiger partial charge in [0.15, 0.2) is 0 Å². The van der Waals surface area contributed by atoms with Gasteiger partial charge in [-0.1, -0.05) is 68.8 Å². The van der Waals surface area contributed by atoms with Crippen LogP contribution in [0.3, 0.4) is 0 Å². The molecule has 1 saturated carbocycles. The fourth-order valence-corrected chi connectivity index (χ4v) is 5.22. The van der Waals surface area contributed by atoms with E-state index in [1.54, 1.807) is 0 Å². The Morgan fingerprint density at radius 3 is 2.14 bits per heavy atom. The lowest BCUT2D eigenvalue weighted by Gasteiger charge is -2.41. The second kappa shape index (κ2) is 10.5.